The number of alkyl halides is 1. The van der Waals surface area contributed by atoms with Crippen LogP contribution < -0.4 is 5.32 Å². The summed E-state index contributed by atoms with van der Waals surface area (Å²) in [4.78, 5) is 22.7. The van der Waals surface area contributed by atoms with Crippen LogP contribution in [0.15, 0.2) is 42.1 Å². The number of benzene rings is 1. The molecule has 0 aromatic heterocycles. The summed E-state index contributed by atoms with van der Waals surface area (Å²) >= 11 is 5.95. The zero-order chi connectivity index (χ0) is 15.0. The largest absolute Gasteiger partial charge is 0.463 e. The Morgan fingerprint density at radius 2 is 2.00 bits per heavy atom. The Balaban J connectivity index is 2.49. The molecule has 0 bridgehead atoms. The Hall–Kier alpha value is -2.01. The highest BCUT2D eigenvalue weighted by Gasteiger charge is 2.13. The fraction of sp³-hybridized carbons (Fsp3) is 0.286. The highest BCUT2D eigenvalue weighted by Crippen LogP contribution is 2.21. The number of allylic oxidation sites excluding steroid dienone is 1. The maximum atomic E-state index is 11.6. The van der Waals surface area contributed by atoms with Crippen LogP contribution in [0.4, 0.5) is 4.79 Å². The van der Waals surface area contributed by atoms with Crippen LogP contribution in [0.2, 0.25) is 0 Å². The van der Waals surface area contributed by atoms with Crippen molar-refractivity contribution in [2.24, 2.45) is 0 Å². The van der Waals surface area contributed by atoms with Gasteiger partial charge in [-0.2, -0.15) is 0 Å². The van der Waals surface area contributed by atoms with Gasteiger partial charge in [-0.15, -0.1) is 0 Å². The number of hydrogen-bond acceptors (Lipinski definition) is 4. The third-order valence-electron chi connectivity index (χ3n) is 2.19. The number of esters is 1. The van der Waals surface area contributed by atoms with Crippen LogP contribution in [0.3, 0.4) is 0 Å². The van der Waals surface area contributed by atoms with E-state index in [-0.39, 0.29) is 6.61 Å². The second-order valence-corrected chi connectivity index (χ2v) is 4.23. The number of carbonyl (C=O) groups excluding carboxylic acids is 2. The Morgan fingerprint density at radius 3 is 2.60 bits per heavy atom. The van der Waals surface area contributed by atoms with Crippen molar-refractivity contribution in [3.05, 3.63) is 47.7 Å². The lowest BCUT2D eigenvalue weighted by atomic mass is 10.2. The maximum Gasteiger partial charge on any atom is 0.413 e. The van der Waals surface area contributed by atoms with Gasteiger partial charge in [0.15, 0.2) is 0 Å². The minimum atomic E-state index is -0.897. The second-order valence-electron chi connectivity index (χ2n) is 3.84. The van der Waals surface area contributed by atoms with Gasteiger partial charge in [0.25, 0.3) is 0 Å². The summed E-state index contributed by atoms with van der Waals surface area (Å²) in [5.41, 5.74) is 0.0771. The van der Waals surface area contributed by atoms with Gasteiger partial charge in [0.1, 0.15) is 0 Å². The summed E-state index contributed by atoms with van der Waals surface area (Å²) in [5.74, 6) is -0.532. The standard InChI is InChI=1S/C14H16ClNO4/c1-3-19-12(17)9-10(2)16-14(18)20-13(15)11-7-5-4-6-8-11/h4-9,13H,3H2,1-2H3,(H,16,18)/b10-9-. The van der Waals surface area contributed by atoms with Gasteiger partial charge >= 0.3 is 12.1 Å². The Bertz CT molecular complexity index is 487. The number of alkyl carbamates (subject to hydrolysis) is 1. The number of nitrogens with one attached hydrogen (secondary N) is 1. The first-order valence-electron chi connectivity index (χ1n) is 6.04. The molecule has 0 radical (unpaired) electrons. The highest BCUT2D eigenvalue weighted by molar-refractivity contribution is 6.20. The average Bonchev–Trinajstić information content (AvgIpc) is 2.39. The normalized spacial score (nSPS) is 12.4. The van der Waals surface area contributed by atoms with Gasteiger partial charge in [0.05, 0.1) is 6.61 Å². The minimum Gasteiger partial charge on any atom is -0.463 e. The molecular weight excluding hydrogens is 282 g/mol. The van der Waals surface area contributed by atoms with E-state index in [1.54, 1.807) is 38.1 Å². The van der Waals surface area contributed by atoms with Crippen molar-refractivity contribution in [3.63, 3.8) is 0 Å². The molecule has 1 aromatic rings. The molecule has 1 amide bonds. The number of ether oxygens (including phenoxy) is 2. The van der Waals surface area contributed by atoms with E-state index >= 15 is 0 Å². The van der Waals surface area contributed by atoms with Crippen LogP contribution in [0, 0.1) is 0 Å². The van der Waals surface area contributed by atoms with Gasteiger partial charge < -0.3 is 9.47 Å². The summed E-state index contributed by atoms with van der Waals surface area (Å²) in [7, 11) is 0. The third-order valence-corrected chi connectivity index (χ3v) is 2.53. The van der Waals surface area contributed by atoms with E-state index < -0.39 is 17.6 Å². The SMILES string of the molecule is CCOC(=O)/C=C(/C)NC(=O)OC(Cl)c1ccccc1. The van der Waals surface area contributed by atoms with E-state index in [4.69, 9.17) is 21.1 Å². The lowest BCUT2D eigenvalue weighted by Crippen LogP contribution is -2.24. The molecule has 0 aliphatic rings. The van der Waals surface area contributed by atoms with Gasteiger partial charge in [-0.05, 0) is 13.8 Å². The summed E-state index contributed by atoms with van der Waals surface area (Å²) in [5, 5.41) is 2.38. The van der Waals surface area contributed by atoms with Crippen molar-refractivity contribution in [1.82, 2.24) is 5.32 Å². The lowest BCUT2D eigenvalue weighted by molar-refractivity contribution is -0.137. The molecule has 6 heteroatoms. The monoisotopic (exact) mass is 297 g/mol. The zero-order valence-corrected chi connectivity index (χ0v) is 12.0. The molecule has 1 unspecified atom stereocenters. The van der Waals surface area contributed by atoms with Crippen molar-refractivity contribution in [3.8, 4) is 0 Å². The van der Waals surface area contributed by atoms with E-state index in [1.807, 2.05) is 6.07 Å². The number of amides is 1. The Morgan fingerprint density at radius 1 is 1.35 bits per heavy atom. The summed E-state index contributed by atoms with van der Waals surface area (Å²) in [6, 6.07) is 8.90. The first kappa shape index (κ1) is 16.0. The molecule has 0 saturated heterocycles. The van der Waals surface area contributed by atoms with E-state index in [9.17, 15) is 9.59 Å². The molecule has 20 heavy (non-hydrogen) atoms. The van der Waals surface area contributed by atoms with Gasteiger partial charge in [0, 0.05) is 17.3 Å². The molecule has 1 aromatic carbocycles. The van der Waals surface area contributed by atoms with Crippen LogP contribution >= 0.6 is 11.6 Å². The lowest BCUT2D eigenvalue weighted by Gasteiger charge is -2.12. The Kier molecular flexibility index (Phi) is 6.59. The second kappa shape index (κ2) is 8.22. The van der Waals surface area contributed by atoms with Crippen LogP contribution in [0.25, 0.3) is 0 Å². The quantitative estimate of drug-likeness (QED) is 0.515. The predicted octanol–water partition coefficient (Wildman–Crippen LogP) is 3.12. The molecule has 0 aliphatic heterocycles. The molecular formula is C14H16ClNO4. The van der Waals surface area contributed by atoms with Crippen LogP contribution in [-0.2, 0) is 14.3 Å². The average molecular weight is 298 g/mol. The highest BCUT2D eigenvalue weighted by atomic mass is 35.5. The number of carbonyl (C=O) groups is 2. The minimum absolute atomic E-state index is 0.269. The molecule has 1 N–H and O–H groups in total. The Labute approximate surface area is 122 Å². The predicted molar refractivity (Wildman–Crippen MR) is 75.0 cm³/mol. The molecule has 0 saturated carbocycles. The van der Waals surface area contributed by atoms with E-state index in [0.29, 0.717) is 11.3 Å². The molecule has 0 heterocycles. The van der Waals surface area contributed by atoms with E-state index in [2.05, 4.69) is 5.32 Å². The molecule has 0 aliphatic carbocycles. The topological polar surface area (TPSA) is 64.6 Å². The van der Waals surface area contributed by atoms with Crippen LogP contribution in [0.5, 0.6) is 0 Å². The molecule has 0 fully saturated rings. The molecule has 5 nitrogen and oxygen atoms in total. The summed E-state index contributed by atoms with van der Waals surface area (Å²) in [6.07, 6.45) is 0.420. The summed E-state index contributed by atoms with van der Waals surface area (Å²) in [6.45, 7) is 3.51. The van der Waals surface area contributed by atoms with Gasteiger partial charge in [-0.3, -0.25) is 5.32 Å². The maximum absolute atomic E-state index is 11.6. The number of rotatable bonds is 5. The van der Waals surface area contributed by atoms with Crippen LogP contribution in [0.1, 0.15) is 25.0 Å². The smallest absolute Gasteiger partial charge is 0.413 e. The van der Waals surface area contributed by atoms with E-state index in [1.165, 1.54) is 0 Å². The van der Waals surface area contributed by atoms with Gasteiger partial charge in [0.2, 0.25) is 5.56 Å². The fourth-order valence-electron chi connectivity index (χ4n) is 1.35. The first-order chi connectivity index (χ1) is 9.52. The fourth-order valence-corrected chi connectivity index (χ4v) is 1.58. The van der Waals surface area contributed by atoms with Crippen molar-refractivity contribution in [1.29, 1.82) is 0 Å². The van der Waals surface area contributed by atoms with Gasteiger partial charge in [-0.25, -0.2) is 9.59 Å². The number of halogens is 1. The first-order valence-corrected chi connectivity index (χ1v) is 6.48. The van der Waals surface area contributed by atoms with Crippen molar-refractivity contribution >= 4 is 23.7 Å². The third kappa shape index (κ3) is 5.75. The van der Waals surface area contributed by atoms with Crippen molar-refractivity contribution < 1.29 is 19.1 Å². The molecule has 1 atom stereocenters. The number of hydrogen-bond donors (Lipinski definition) is 1. The summed E-state index contributed by atoms with van der Waals surface area (Å²) < 4.78 is 9.68. The molecule has 1 rings (SSSR count). The van der Waals surface area contributed by atoms with Crippen LogP contribution in [-0.4, -0.2) is 18.7 Å². The molecule has 108 valence electrons. The van der Waals surface area contributed by atoms with Crippen molar-refractivity contribution in [2.75, 3.05) is 6.61 Å². The van der Waals surface area contributed by atoms with E-state index in [0.717, 1.165) is 6.08 Å². The zero-order valence-electron chi connectivity index (χ0n) is 11.3. The van der Waals surface area contributed by atoms with Gasteiger partial charge in [-0.1, -0.05) is 41.9 Å². The molecule has 0 spiro atoms. The van der Waals surface area contributed by atoms with Crippen molar-refractivity contribution in [2.45, 2.75) is 19.4 Å².